The molecule has 8 heteroatoms. The fourth-order valence-corrected chi connectivity index (χ4v) is 4.03. The quantitative estimate of drug-likeness (QED) is 0.641. The summed E-state index contributed by atoms with van der Waals surface area (Å²) in [6.45, 7) is 3.32. The van der Waals surface area contributed by atoms with Gasteiger partial charge in [-0.1, -0.05) is 41.4 Å². The summed E-state index contributed by atoms with van der Waals surface area (Å²) in [5.74, 6) is 1.59. The maximum atomic E-state index is 6.48. The Balaban J connectivity index is 1.70. The molecule has 1 saturated heterocycles. The SMILES string of the molecule is Clc1ccc2c(c1)C(c1ccccc1Cl)=NCc1nnc(N3CCOCC3)n1-2. The van der Waals surface area contributed by atoms with Crippen LogP contribution in [0.1, 0.15) is 17.0 Å². The van der Waals surface area contributed by atoms with Gasteiger partial charge in [0.2, 0.25) is 5.95 Å². The molecular formula is C20H17Cl2N5O. The number of aliphatic imine (C=N–C) groups is 1. The van der Waals surface area contributed by atoms with Gasteiger partial charge in [0.25, 0.3) is 0 Å². The van der Waals surface area contributed by atoms with Gasteiger partial charge in [0.05, 0.1) is 24.6 Å². The summed E-state index contributed by atoms with van der Waals surface area (Å²) in [4.78, 5) is 7.04. The summed E-state index contributed by atoms with van der Waals surface area (Å²) in [6, 6.07) is 13.5. The second kappa shape index (κ2) is 7.20. The summed E-state index contributed by atoms with van der Waals surface area (Å²) in [5, 5.41) is 10.2. The number of hydrogen-bond donors (Lipinski definition) is 0. The standard InChI is InChI=1S/C20H17Cl2N5O/c21-13-5-6-17-15(11-13)19(14-3-1-2-4-16(14)22)23-12-18-24-25-20(27(17)18)26-7-9-28-10-8-26/h1-6,11H,7-10,12H2. The zero-order valence-corrected chi connectivity index (χ0v) is 16.5. The van der Waals surface area contributed by atoms with Gasteiger partial charge in [0, 0.05) is 34.3 Å². The fourth-order valence-electron chi connectivity index (χ4n) is 3.64. The second-order valence-electron chi connectivity index (χ2n) is 6.66. The predicted molar refractivity (Wildman–Crippen MR) is 110 cm³/mol. The Kier molecular flexibility index (Phi) is 4.55. The molecule has 28 heavy (non-hydrogen) atoms. The third-order valence-corrected chi connectivity index (χ3v) is 5.53. The molecule has 0 amide bonds. The largest absolute Gasteiger partial charge is 0.378 e. The first-order valence-corrected chi connectivity index (χ1v) is 9.84. The number of morpholine rings is 1. The van der Waals surface area contributed by atoms with Crippen molar-refractivity contribution in [1.82, 2.24) is 14.8 Å². The van der Waals surface area contributed by atoms with Crippen LogP contribution in [0.25, 0.3) is 5.69 Å². The van der Waals surface area contributed by atoms with Crippen molar-refractivity contribution >= 4 is 34.9 Å². The third-order valence-electron chi connectivity index (χ3n) is 4.97. The minimum atomic E-state index is 0.407. The lowest BCUT2D eigenvalue weighted by Gasteiger charge is -2.28. The van der Waals surface area contributed by atoms with E-state index < -0.39 is 0 Å². The van der Waals surface area contributed by atoms with Crippen molar-refractivity contribution in [1.29, 1.82) is 0 Å². The summed E-state index contributed by atoms with van der Waals surface area (Å²) < 4.78 is 7.56. The fraction of sp³-hybridized carbons (Fsp3) is 0.250. The average Bonchev–Trinajstić information content (AvgIpc) is 3.07. The van der Waals surface area contributed by atoms with Gasteiger partial charge in [-0.25, -0.2) is 0 Å². The Morgan fingerprint density at radius 1 is 0.929 bits per heavy atom. The Labute approximate surface area is 172 Å². The van der Waals surface area contributed by atoms with Crippen molar-refractivity contribution in [2.75, 3.05) is 31.2 Å². The van der Waals surface area contributed by atoms with Gasteiger partial charge in [-0.05, 0) is 24.3 Å². The van der Waals surface area contributed by atoms with Crippen LogP contribution < -0.4 is 4.90 Å². The molecule has 2 aromatic carbocycles. The van der Waals surface area contributed by atoms with Gasteiger partial charge >= 0.3 is 0 Å². The van der Waals surface area contributed by atoms with Crippen LogP contribution in [-0.4, -0.2) is 46.8 Å². The maximum absolute atomic E-state index is 6.48. The van der Waals surface area contributed by atoms with E-state index in [4.69, 9.17) is 32.9 Å². The van der Waals surface area contributed by atoms with E-state index in [-0.39, 0.29) is 0 Å². The minimum Gasteiger partial charge on any atom is -0.378 e. The van der Waals surface area contributed by atoms with Crippen LogP contribution >= 0.6 is 23.2 Å². The highest BCUT2D eigenvalue weighted by molar-refractivity contribution is 6.36. The van der Waals surface area contributed by atoms with Crippen molar-refractivity contribution in [2.45, 2.75) is 6.54 Å². The molecule has 5 rings (SSSR count). The number of benzene rings is 2. The number of fused-ring (bicyclic) bond motifs is 3. The van der Waals surface area contributed by atoms with Gasteiger partial charge < -0.3 is 9.64 Å². The molecule has 0 radical (unpaired) electrons. The molecule has 1 fully saturated rings. The van der Waals surface area contributed by atoms with E-state index in [1.807, 2.05) is 42.5 Å². The first-order valence-electron chi connectivity index (χ1n) is 9.09. The van der Waals surface area contributed by atoms with Crippen molar-refractivity contribution < 1.29 is 4.74 Å². The number of anilines is 1. The Morgan fingerprint density at radius 2 is 1.75 bits per heavy atom. The number of aromatic nitrogens is 3. The van der Waals surface area contributed by atoms with Crippen molar-refractivity contribution in [3.8, 4) is 5.69 Å². The van der Waals surface area contributed by atoms with E-state index in [1.54, 1.807) is 0 Å². The molecule has 0 atom stereocenters. The molecule has 3 aromatic rings. The minimum absolute atomic E-state index is 0.407. The molecule has 6 nitrogen and oxygen atoms in total. The van der Waals surface area contributed by atoms with Gasteiger partial charge in [-0.2, -0.15) is 0 Å². The number of halogens is 2. The van der Waals surface area contributed by atoms with Crippen LogP contribution in [0, 0.1) is 0 Å². The van der Waals surface area contributed by atoms with Gasteiger partial charge in [-0.3, -0.25) is 9.56 Å². The molecular weight excluding hydrogens is 397 g/mol. The normalized spacial score (nSPS) is 16.2. The van der Waals surface area contributed by atoms with E-state index in [9.17, 15) is 0 Å². The van der Waals surface area contributed by atoms with Crippen molar-refractivity contribution in [2.24, 2.45) is 4.99 Å². The smallest absolute Gasteiger partial charge is 0.232 e. The van der Waals surface area contributed by atoms with E-state index in [2.05, 4.69) is 19.7 Å². The van der Waals surface area contributed by atoms with E-state index in [0.29, 0.717) is 29.8 Å². The van der Waals surface area contributed by atoms with E-state index >= 15 is 0 Å². The number of nitrogens with zero attached hydrogens (tertiary/aromatic N) is 5. The highest BCUT2D eigenvalue weighted by atomic mass is 35.5. The summed E-state index contributed by atoms with van der Waals surface area (Å²) >= 11 is 12.8. The molecule has 142 valence electrons. The highest BCUT2D eigenvalue weighted by Crippen LogP contribution is 2.32. The number of ether oxygens (including phenoxy) is 1. The maximum Gasteiger partial charge on any atom is 0.232 e. The van der Waals surface area contributed by atoms with E-state index in [1.165, 1.54) is 0 Å². The monoisotopic (exact) mass is 413 g/mol. The zero-order chi connectivity index (χ0) is 19.1. The van der Waals surface area contributed by atoms with Crippen LogP contribution in [0.15, 0.2) is 47.5 Å². The van der Waals surface area contributed by atoms with Crippen LogP contribution in [0.4, 0.5) is 5.95 Å². The van der Waals surface area contributed by atoms with Crippen LogP contribution in [0.2, 0.25) is 10.0 Å². The molecule has 0 bridgehead atoms. The second-order valence-corrected chi connectivity index (χ2v) is 7.50. The van der Waals surface area contributed by atoms with E-state index in [0.717, 1.165) is 47.4 Å². The van der Waals surface area contributed by atoms with Gasteiger partial charge in [-0.15, -0.1) is 10.2 Å². The number of rotatable bonds is 2. The topological polar surface area (TPSA) is 55.5 Å². The van der Waals surface area contributed by atoms with Crippen LogP contribution in [0.3, 0.4) is 0 Å². The average molecular weight is 414 g/mol. The lowest BCUT2D eigenvalue weighted by Crippen LogP contribution is -2.38. The summed E-state index contributed by atoms with van der Waals surface area (Å²) in [7, 11) is 0. The van der Waals surface area contributed by atoms with Crippen LogP contribution in [-0.2, 0) is 11.3 Å². The molecule has 2 aliphatic heterocycles. The summed E-state index contributed by atoms with van der Waals surface area (Å²) in [5.41, 5.74) is 3.54. The Hall–Kier alpha value is -2.41. The Morgan fingerprint density at radius 3 is 2.57 bits per heavy atom. The predicted octanol–water partition coefficient (Wildman–Crippen LogP) is 3.76. The number of hydrogen-bond acceptors (Lipinski definition) is 5. The lowest BCUT2D eigenvalue weighted by atomic mass is 10.0. The molecule has 0 aliphatic carbocycles. The first kappa shape index (κ1) is 17.7. The lowest BCUT2D eigenvalue weighted by molar-refractivity contribution is 0.122. The molecule has 0 spiro atoms. The molecule has 2 aliphatic rings. The molecule has 3 heterocycles. The molecule has 0 saturated carbocycles. The van der Waals surface area contributed by atoms with Gasteiger partial charge in [0.1, 0.15) is 6.54 Å². The van der Waals surface area contributed by atoms with Gasteiger partial charge in [0.15, 0.2) is 5.82 Å². The summed E-state index contributed by atoms with van der Waals surface area (Å²) in [6.07, 6.45) is 0. The molecule has 0 unspecified atom stereocenters. The van der Waals surface area contributed by atoms with Crippen LogP contribution in [0.5, 0.6) is 0 Å². The molecule has 0 N–H and O–H groups in total. The third kappa shape index (κ3) is 2.98. The van der Waals surface area contributed by atoms with Crippen molar-refractivity contribution in [3.05, 3.63) is 69.5 Å². The first-order chi connectivity index (χ1) is 13.7. The van der Waals surface area contributed by atoms with Crippen molar-refractivity contribution in [3.63, 3.8) is 0 Å². The highest BCUT2D eigenvalue weighted by Gasteiger charge is 2.27. The molecule has 1 aromatic heterocycles. The zero-order valence-electron chi connectivity index (χ0n) is 15.0. The Bertz CT molecular complexity index is 1070.